The van der Waals surface area contributed by atoms with Gasteiger partial charge in [-0.25, -0.2) is 8.78 Å². The van der Waals surface area contributed by atoms with Crippen LogP contribution in [0, 0.1) is 11.6 Å². The minimum Gasteiger partial charge on any atom is -0.508 e. The Labute approximate surface area is 220 Å². The number of nitrogens with one attached hydrogen (secondary N) is 1. The van der Waals surface area contributed by atoms with Gasteiger partial charge in [-0.15, -0.1) is 0 Å². The van der Waals surface area contributed by atoms with Gasteiger partial charge in [0.05, 0.1) is 6.61 Å². The van der Waals surface area contributed by atoms with Crippen molar-refractivity contribution in [2.24, 2.45) is 0 Å². The van der Waals surface area contributed by atoms with Gasteiger partial charge in [-0.3, -0.25) is 0 Å². The summed E-state index contributed by atoms with van der Waals surface area (Å²) in [6.45, 7) is 1.67. The van der Waals surface area contributed by atoms with Crippen molar-refractivity contribution in [1.82, 2.24) is 5.32 Å². The molecule has 1 saturated heterocycles. The van der Waals surface area contributed by atoms with Crippen molar-refractivity contribution < 1.29 is 28.1 Å². The van der Waals surface area contributed by atoms with Crippen LogP contribution in [-0.4, -0.2) is 31.4 Å². The molecule has 0 aromatic heterocycles. The number of halogens is 2. The molecule has 0 saturated carbocycles. The minimum absolute atomic E-state index is 0.121. The number of phenolic OH excluding ortho intramolecular Hbond substituents is 1. The number of ether oxygens (including phenoxy) is 3. The van der Waals surface area contributed by atoms with Crippen LogP contribution in [0.1, 0.15) is 36.8 Å². The van der Waals surface area contributed by atoms with Gasteiger partial charge in [-0.2, -0.15) is 0 Å². The van der Waals surface area contributed by atoms with Crippen molar-refractivity contribution in [2.75, 3.05) is 20.3 Å². The molecule has 0 bridgehead atoms. The van der Waals surface area contributed by atoms with Crippen LogP contribution in [0.2, 0.25) is 0 Å². The van der Waals surface area contributed by atoms with Gasteiger partial charge in [0.25, 0.3) is 5.79 Å². The average Bonchev–Trinajstić information content (AvgIpc) is 2.94. The standard InChI is InChI=1S/C31H29F2NO4/c1-36-31(20-6-9-23(10-7-20)37-15-13-21-4-2-3-14-34-21)30-24-12-8-22(35)16-19(24)5-11-25(30)26-17-27(32)28(33)18-29(26)38-31/h5-12,16-18,21,34-35H,2-4,13-15H2,1H3. The number of benzene rings is 4. The molecule has 2 unspecified atom stereocenters. The quantitative estimate of drug-likeness (QED) is 0.300. The molecule has 7 heteroatoms. The van der Waals surface area contributed by atoms with Crippen molar-refractivity contribution in [3.8, 4) is 28.4 Å². The number of hydrogen-bond acceptors (Lipinski definition) is 5. The molecular weight excluding hydrogens is 488 g/mol. The summed E-state index contributed by atoms with van der Waals surface area (Å²) in [7, 11) is 1.52. The molecule has 196 valence electrons. The lowest BCUT2D eigenvalue weighted by atomic mass is 9.83. The van der Waals surface area contributed by atoms with Crippen LogP contribution in [-0.2, 0) is 10.5 Å². The molecule has 2 atom stereocenters. The third-order valence-electron chi connectivity index (χ3n) is 7.57. The Morgan fingerprint density at radius 2 is 1.79 bits per heavy atom. The maximum Gasteiger partial charge on any atom is 0.265 e. The Kier molecular flexibility index (Phi) is 6.41. The summed E-state index contributed by atoms with van der Waals surface area (Å²) in [4.78, 5) is 0. The Balaban J connectivity index is 1.40. The first kappa shape index (κ1) is 24.6. The molecule has 0 amide bonds. The predicted octanol–water partition coefficient (Wildman–Crippen LogP) is 6.64. The molecule has 2 aliphatic heterocycles. The van der Waals surface area contributed by atoms with E-state index in [1.54, 1.807) is 18.2 Å². The van der Waals surface area contributed by atoms with Crippen LogP contribution in [0.5, 0.6) is 17.2 Å². The highest BCUT2D eigenvalue weighted by Crippen LogP contribution is 2.52. The van der Waals surface area contributed by atoms with E-state index in [0.29, 0.717) is 34.9 Å². The maximum atomic E-state index is 14.3. The largest absolute Gasteiger partial charge is 0.508 e. The summed E-state index contributed by atoms with van der Waals surface area (Å²) in [5, 5.41) is 15.1. The second kappa shape index (κ2) is 9.89. The summed E-state index contributed by atoms with van der Waals surface area (Å²) in [6.07, 6.45) is 4.60. The van der Waals surface area contributed by atoms with E-state index in [0.717, 1.165) is 41.6 Å². The summed E-state index contributed by atoms with van der Waals surface area (Å²) in [5.74, 6) is -2.39. The number of methoxy groups -OCH3 is 1. The van der Waals surface area contributed by atoms with Crippen molar-refractivity contribution >= 4 is 10.8 Å². The first-order chi connectivity index (χ1) is 18.5. The topological polar surface area (TPSA) is 60.0 Å². The van der Waals surface area contributed by atoms with E-state index in [9.17, 15) is 13.9 Å². The van der Waals surface area contributed by atoms with Crippen LogP contribution in [0.15, 0.2) is 66.7 Å². The second-order valence-corrected chi connectivity index (χ2v) is 9.89. The Morgan fingerprint density at radius 1 is 0.974 bits per heavy atom. The molecule has 4 aromatic carbocycles. The van der Waals surface area contributed by atoms with E-state index in [1.807, 2.05) is 36.4 Å². The fourth-order valence-electron chi connectivity index (χ4n) is 5.65. The summed E-state index contributed by atoms with van der Waals surface area (Å²) in [6, 6.07) is 18.8. The molecule has 2 N–H and O–H groups in total. The van der Waals surface area contributed by atoms with Gasteiger partial charge in [-0.1, -0.05) is 24.6 Å². The molecule has 2 aliphatic rings. The summed E-state index contributed by atoms with van der Waals surface area (Å²) in [5.41, 5.74) is 2.40. The van der Waals surface area contributed by atoms with Crippen molar-refractivity contribution in [3.05, 3.63) is 89.5 Å². The van der Waals surface area contributed by atoms with E-state index >= 15 is 0 Å². The minimum atomic E-state index is -1.45. The summed E-state index contributed by atoms with van der Waals surface area (Å²) < 4.78 is 47.2. The van der Waals surface area contributed by atoms with Gasteiger partial charge in [0.15, 0.2) is 11.6 Å². The molecule has 2 heterocycles. The highest BCUT2D eigenvalue weighted by Gasteiger charge is 2.45. The zero-order valence-electron chi connectivity index (χ0n) is 21.1. The van der Waals surface area contributed by atoms with Gasteiger partial charge in [0.1, 0.15) is 17.2 Å². The van der Waals surface area contributed by atoms with Crippen LogP contribution in [0.4, 0.5) is 8.78 Å². The average molecular weight is 518 g/mol. The molecule has 0 aliphatic carbocycles. The number of piperidine rings is 1. The molecule has 0 spiro atoms. The zero-order valence-corrected chi connectivity index (χ0v) is 21.1. The lowest BCUT2D eigenvalue weighted by Crippen LogP contribution is -2.39. The van der Waals surface area contributed by atoms with Crippen molar-refractivity contribution in [2.45, 2.75) is 37.5 Å². The van der Waals surface area contributed by atoms with Gasteiger partial charge >= 0.3 is 0 Å². The lowest BCUT2D eigenvalue weighted by Gasteiger charge is -2.40. The molecule has 0 radical (unpaired) electrons. The first-order valence-corrected chi connectivity index (χ1v) is 12.9. The lowest BCUT2D eigenvalue weighted by molar-refractivity contribution is -0.138. The Bertz CT molecular complexity index is 1480. The van der Waals surface area contributed by atoms with E-state index in [4.69, 9.17) is 14.2 Å². The summed E-state index contributed by atoms with van der Waals surface area (Å²) >= 11 is 0. The van der Waals surface area contributed by atoms with E-state index in [-0.39, 0.29) is 11.5 Å². The smallest absolute Gasteiger partial charge is 0.265 e. The highest BCUT2D eigenvalue weighted by atomic mass is 19.2. The fourth-order valence-corrected chi connectivity index (χ4v) is 5.65. The Morgan fingerprint density at radius 3 is 2.55 bits per heavy atom. The molecule has 5 nitrogen and oxygen atoms in total. The second-order valence-electron chi connectivity index (χ2n) is 9.89. The number of phenols is 1. The number of fused-ring (bicyclic) bond motifs is 5. The normalized spacial score (nSPS) is 20.4. The highest BCUT2D eigenvalue weighted by molar-refractivity contribution is 5.95. The van der Waals surface area contributed by atoms with Crippen LogP contribution in [0.3, 0.4) is 0 Å². The molecule has 4 aromatic rings. The van der Waals surface area contributed by atoms with Crippen LogP contribution in [0.25, 0.3) is 21.9 Å². The first-order valence-electron chi connectivity index (χ1n) is 12.9. The molecular formula is C31H29F2NO4. The van der Waals surface area contributed by atoms with Gasteiger partial charge in [0, 0.05) is 35.9 Å². The number of rotatable bonds is 6. The van der Waals surface area contributed by atoms with Crippen molar-refractivity contribution in [1.29, 1.82) is 0 Å². The zero-order chi connectivity index (χ0) is 26.3. The van der Waals surface area contributed by atoms with E-state index in [1.165, 1.54) is 26.4 Å². The van der Waals surface area contributed by atoms with Gasteiger partial charge < -0.3 is 24.6 Å². The van der Waals surface area contributed by atoms with Crippen molar-refractivity contribution in [3.63, 3.8) is 0 Å². The SMILES string of the molecule is COC1(c2ccc(OCCC3CCCCN3)cc2)Oc2cc(F)c(F)cc2-c2ccc3cc(O)ccc3c21. The molecule has 1 fully saturated rings. The number of hydrogen-bond donors (Lipinski definition) is 2. The fraction of sp³-hybridized carbons (Fsp3) is 0.290. The number of aromatic hydroxyl groups is 1. The third kappa shape index (κ3) is 4.25. The van der Waals surface area contributed by atoms with Crippen LogP contribution < -0.4 is 14.8 Å². The van der Waals surface area contributed by atoms with E-state index in [2.05, 4.69) is 5.32 Å². The monoisotopic (exact) mass is 517 g/mol. The maximum absolute atomic E-state index is 14.3. The molecule has 6 rings (SSSR count). The van der Waals surface area contributed by atoms with E-state index < -0.39 is 17.4 Å². The molecule has 38 heavy (non-hydrogen) atoms. The van der Waals surface area contributed by atoms with Gasteiger partial charge in [0.2, 0.25) is 0 Å². The Hall–Kier alpha value is -3.68. The van der Waals surface area contributed by atoms with Gasteiger partial charge in [-0.05, 0) is 84.6 Å². The predicted molar refractivity (Wildman–Crippen MR) is 142 cm³/mol. The van der Waals surface area contributed by atoms with Crippen LogP contribution >= 0.6 is 0 Å². The third-order valence-corrected chi connectivity index (χ3v) is 7.57.